The maximum absolute atomic E-state index is 13.1. The highest BCUT2D eigenvalue weighted by atomic mass is 127. The van der Waals surface area contributed by atoms with Crippen LogP contribution in [0.25, 0.3) is 11.6 Å². The van der Waals surface area contributed by atoms with E-state index in [0.29, 0.717) is 37.5 Å². The van der Waals surface area contributed by atoms with Crippen LogP contribution in [0.4, 0.5) is 4.79 Å². The van der Waals surface area contributed by atoms with Crippen LogP contribution in [-0.2, 0) is 14.3 Å². The lowest BCUT2D eigenvalue weighted by atomic mass is 9.68. The first-order valence-corrected chi connectivity index (χ1v) is 14.0. The van der Waals surface area contributed by atoms with Crippen LogP contribution in [0.1, 0.15) is 30.5 Å². The van der Waals surface area contributed by atoms with Crippen LogP contribution < -0.4 is 4.74 Å². The Morgan fingerprint density at radius 1 is 1.22 bits per heavy atom. The van der Waals surface area contributed by atoms with E-state index in [-0.39, 0.29) is 18.6 Å². The summed E-state index contributed by atoms with van der Waals surface area (Å²) in [5.74, 6) is -4.19. The lowest BCUT2D eigenvalue weighted by Crippen LogP contribution is -2.40. The largest absolute Gasteiger partial charge is 0.504 e. The molecule has 2 aliphatic rings. The summed E-state index contributed by atoms with van der Waals surface area (Å²) in [6.07, 6.45) is 1.66. The van der Waals surface area contributed by atoms with Crippen molar-refractivity contribution in [2.45, 2.75) is 25.4 Å². The molecule has 3 amide bonds. The minimum absolute atomic E-state index is 0.0277. The number of allylic oxidation sites excluding steroid dienone is 1. The van der Waals surface area contributed by atoms with Gasteiger partial charge in [0.25, 0.3) is 0 Å². The molecule has 0 unspecified atom stereocenters. The molecule has 2 aromatic rings. The second kappa shape index (κ2) is 13.1. The van der Waals surface area contributed by atoms with Crippen molar-refractivity contribution < 1.29 is 44.3 Å². The number of likely N-dealkylation sites (tertiary alicyclic amines) is 1. The summed E-state index contributed by atoms with van der Waals surface area (Å²) in [7, 11) is 2.52. The summed E-state index contributed by atoms with van der Waals surface area (Å²) < 4.78 is 10.5. The second-order valence-electron chi connectivity index (χ2n) is 9.82. The van der Waals surface area contributed by atoms with Gasteiger partial charge in [0, 0.05) is 12.1 Å². The normalized spacial score (nSPS) is 21.7. The molecule has 4 atom stereocenters. The van der Waals surface area contributed by atoms with Crippen molar-refractivity contribution in [2.75, 3.05) is 27.4 Å². The number of halogens is 1. The second-order valence-corrected chi connectivity index (χ2v) is 11.0. The zero-order chi connectivity index (χ0) is 29.8. The number of carbonyl (C=O) groups excluding carboxylic acids is 3. The minimum atomic E-state index is -1.17. The lowest BCUT2D eigenvalue weighted by molar-refractivity contribution is -0.137. The lowest BCUT2D eigenvalue weighted by Gasteiger charge is -2.36. The molecule has 0 spiro atoms. The van der Waals surface area contributed by atoms with Gasteiger partial charge in [0.2, 0.25) is 11.8 Å². The molecule has 4 rings (SSSR count). The van der Waals surface area contributed by atoms with E-state index in [1.807, 2.05) is 40.8 Å². The van der Waals surface area contributed by atoms with E-state index in [2.05, 4.69) is 9.72 Å². The number of aromatic hydroxyl groups is 1. The number of phenolic OH excluding ortho intramolecular Hbond substituents is 1. The number of aliphatic hydroxyl groups is 3. The summed E-state index contributed by atoms with van der Waals surface area (Å²) in [4.78, 5) is 43.0. The molecule has 12 heteroatoms. The Kier molecular flexibility index (Phi) is 9.79. The number of pyridine rings is 1. The molecule has 1 aromatic heterocycles. The highest BCUT2D eigenvalue weighted by Gasteiger charge is 2.57. The SMILES string of the molecule is COC(=O)N1C(=O)[C@@H]2[C@@H](CC(CO)=C([C@H](O)CC/C(=C/c3cc(I)c(O)c(OC)c3)c3ccccn3)[C@@H]2CO)C1=O. The van der Waals surface area contributed by atoms with Crippen molar-refractivity contribution >= 4 is 52.1 Å². The van der Waals surface area contributed by atoms with Gasteiger partial charge in [-0.2, -0.15) is 4.90 Å². The predicted octanol–water partition coefficient (Wildman–Crippen LogP) is 2.75. The van der Waals surface area contributed by atoms with E-state index < -0.39 is 55.0 Å². The number of imide groups is 3. The van der Waals surface area contributed by atoms with Gasteiger partial charge >= 0.3 is 6.09 Å². The van der Waals surface area contributed by atoms with Crippen molar-refractivity contribution in [2.24, 2.45) is 17.8 Å². The number of hydrogen-bond acceptors (Lipinski definition) is 10. The van der Waals surface area contributed by atoms with E-state index in [1.165, 1.54) is 7.11 Å². The Bertz CT molecular complexity index is 1390. The van der Waals surface area contributed by atoms with E-state index in [0.717, 1.165) is 18.2 Å². The molecule has 11 nitrogen and oxygen atoms in total. The molecule has 1 aliphatic carbocycles. The zero-order valence-corrected chi connectivity index (χ0v) is 24.6. The number of benzene rings is 1. The Labute approximate surface area is 250 Å². The molecule has 41 heavy (non-hydrogen) atoms. The Hall–Kier alpha value is -3.33. The molecule has 2 heterocycles. The zero-order valence-electron chi connectivity index (χ0n) is 22.5. The summed E-state index contributed by atoms with van der Waals surface area (Å²) in [5.41, 5.74) is 2.81. The molecular weight excluding hydrogens is 647 g/mol. The standard InChI is InChI=1S/C29H31IN2O9/c1-40-23-11-15(10-20(30)26(23)36)9-16(21-5-3-4-8-31-21)6-7-22(35)24-17(13-33)12-18-25(19(24)14-34)28(38)32(27(18)37)29(39)41-2/h3-5,8-11,18-19,22,25,33-36H,6-7,12-14H2,1-2H3/b16-9-/t18-,19+,22-,25-/m1/s1. The van der Waals surface area contributed by atoms with Crippen LogP contribution >= 0.6 is 22.6 Å². The molecule has 0 radical (unpaired) electrons. The number of methoxy groups -OCH3 is 2. The van der Waals surface area contributed by atoms with Crippen LogP contribution in [0.2, 0.25) is 0 Å². The van der Waals surface area contributed by atoms with Crippen LogP contribution in [0.15, 0.2) is 47.7 Å². The van der Waals surface area contributed by atoms with Crippen molar-refractivity contribution in [3.63, 3.8) is 0 Å². The van der Waals surface area contributed by atoms with Gasteiger partial charge in [-0.3, -0.25) is 14.6 Å². The highest BCUT2D eigenvalue weighted by molar-refractivity contribution is 14.1. The van der Waals surface area contributed by atoms with Gasteiger partial charge < -0.3 is 29.9 Å². The Balaban J connectivity index is 1.65. The van der Waals surface area contributed by atoms with Gasteiger partial charge in [-0.25, -0.2) is 4.79 Å². The Morgan fingerprint density at radius 2 is 1.98 bits per heavy atom. The summed E-state index contributed by atoms with van der Waals surface area (Å²) in [6.45, 7) is -1.06. The summed E-state index contributed by atoms with van der Waals surface area (Å²) in [5, 5.41) is 42.1. The fraction of sp³-hybridized carbons (Fsp3) is 0.379. The minimum Gasteiger partial charge on any atom is -0.504 e. The monoisotopic (exact) mass is 678 g/mol. The third kappa shape index (κ3) is 6.01. The number of aliphatic hydroxyl groups excluding tert-OH is 3. The first-order valence-electron chi connectivity index (χ1n) is 12.9. The van der Waals surface area contributed by atoms with Gasteiger partial charge in [0.05, 0.1) is 54.6 Å². The molecule has 1 saturated heterocycles. The molecule has 218 valence electrons. The molecule has 4 N–H and O–H groups in total. The van der Waals surface area contributed by atoms with E-state index in [1.54, 1.807) is 24.4 Å². The highest BCUT2D eigenvalue weighted by Crippen LogP contribution is 2.46. The number of nitrogens with zero attached hydrogens (tertiary/aromatic N) is 2. The molecule has 0 bridgehead atoms. The quantitative estimate of drug-likeness (QED) is 0.176. The third-order valence-electron chi connectivity index (χ3n) is 7.58. The predicted molar refractivity (Wildman–Crippen MR) is 155 cm³/mol. The van der Waals surface area contributed by atoms with Crippen LogP contribution in [0, 0.1) is 21.3 Å². The average molecular weight is 678 g/mol. The van der Waals surface area contributed by atoms with Crippen LogP contribution in [0.3, 0.4) is 0 Å². The number of phenols is 1. The first kappa shape index (κ1) is 30.6. The Morgan fingerprint density at radius 3 is 2.59 bits per heavy atom. The molecule has 1 fully saturated rings. The first-order chi connectivity index (χ1) is 19.7. The maximum Gasteiger partial charge on any atom is 0.423 e. The van der Waals surface area contributed by atoms with Crippen LogP contribution in [-0.4, -0.2) is 81.8 Å². The number of aromatic nitrogens is 1. The van der Waals surface area contributed by atoms with Gasteiger partial charge in [-0.05, 0) is 94.5 Å². The third-order valence-corrected chi connectivity index (χ3v) is 8.40. The molecule has 0 saturated carbocycles. The van der Waals surface area contributed by atoms with Gasteiger partial charge in [-0.15, -0.1) is 0 Å². The summed E-state index contributed by atoms with van der Waals surface area (Å²) >= 11 is 2.01. The number of carbonyl (C=O) groups is 3. The van der Waals surface area contributed by atoms with Crippen molar-refractivity contribution in [1.82, 2.24) is 9.88 Å². The van der Waals surface area contributed by atoms with E-state index in [4.69, 9.17) is 4.74 Å². The molecule has 1 aromatic carbocycles. The van der Waals surface area contributed by atoms with Gasteiger partial charge in [0.1, 0.15) is 0 Å². The topological polar surface area (TPSA) is 167 Å². The number of rotatable bonds is 9. The smallest absolute Gasteiger partial charge is 0.423 e. The van der Waals surface area contributed by atoms with Crippen molar-refractivity contribution in [3.8, 4) is 11.5 Å². The number of amides is 3. The number of fused-ring (bicyclic) bond motifs is 1. The van der Waals surface area contributed by atoms with Crippen LogP contribution in [0.5, 0.6) is 11.5 Å². The van der Waals surface area contributed by atoms with E-state index in [9.17, 15) is 34.8 Å². The maximum atomic E-state index is 13.1. The van der Waals surface area contributed by atoms with Crippen molar-refractivity contribution in [1.29, 1.82) is 0 Å². The molecule has 1 aliphatic heterocycles. The fourth-order valence-electron chi connectivity index (χ4n) is 5.69. The van der Waals surface area contributed by atoms with E-state index >= 15 is 0 Å². The summed E-state index contributed by atoms with van der Waals surface area (Å²) in [6, 6.07) is 8.90. The average Bonchev–Trinajstić information content (AvgIpc) is 3.24. The number of hydrogen-bond donors (Lipinski definition) is 4. The van der Waals surface area contributed by atoms with Gasteiger partial charge in [-0.1, -0.05) is 6.07 Å². The fourth-order valence-corrected chi connectivity index (χ4v) is 6.31. The van der Waals surface area contributed by atoms with Crippen molar-refractivity contribution in [3.05, 3.63) is 62.5 Å². The van der Waals surface area contributed by atoms with Gasteiger partial charge in [0.15, 0.2) is 11.5 Å². The number of ether oxygens (including phenoxy) is 2. The molecular formula is C29H31IN2O9.